The zero-order chi connectivity index (χ0) is 8.72. The minimum atomic E-state index is -0.0463. The predicted octanol–water partition coefficient (Wildman–Crippen LogP) is 2.49. The summed E-state index contributed by atoms with van der Waals surface area (Å²) in [4.78, 5) is 0. The number of nitrogens with two attached hydrogens (primary N) is 1. The molecule has 0 bridgehead atoms. The van der Waals surface area contributed by atoms with E-state index in [2.05, 4.69) is 15.9 Å². The van der Waals surface area contributed by atoms with E-state index in [1.165, 1.54) is 0 Å². The van der Waals surface area contributed by atoms with Gasteiger partial charge in [-0.05, 0) is 28.1 Å². The summed E-state index contributed by atoms with van der Waals surface area (Å²) in [5.41, 5.74) is 6.76. The van der Waals surface area contributed by atoms with Gasteiger partial charge in [0.05, 0.1) is 10.5 Å². The third-order valence-corrected chi connectivity index (χ3v) is 2.65. The minimum Gasteiger partial charge on any atom is -0.490 e. The fraction of sp³-hybridized carbons (Fsp3) is 0.250. The fourth-order valence-electron chi connectivity index (χ4n) is 1.27. The third kappa shape index (κ3) is 1.22. The molecule has 0 saturated heterocycles. The summed E-state index contributed by atoms with van der Waals surface area (Å²) < 4.78 is 6.24. The number of fused-ring (bicyclic) bond motifs is 1. The van der Waals surface area contributed by atoms with Gasteiger partial charge >= 0.3 is 0 Å². The lowest BCUT2D eigenvalue weighted by Crippen LogP contribution is -2.10. The molecule has 0 aromatic heterocycles. The molecule has 0 unspecified atom stereocenters. The highest BCUT2D eigenvalue weighted by Crippen LogP contribution is 2.39. The first-order valence-electron chi connectivity index (χ1n) is 3.56. The van der Waals surface area contributed by atoms with Gasteiger partial charge in [0.25, 0.3) is 0 Å². The highest BCUT2D eigenvalue weighted by atomic mass is 79.9. The van der Waals surface area contributed by atoms with Crippen LogP contribution in [0, 0.1) is 0 Å². The first-order chi connectivity index (χ1) is 5.68. The molecule has 0 fully saturated rings. The molecule has 1 atom stereocenters. The van der Waals surface area contributed by atoms with E-state index >= 15 is 0 Å². The van der Waals surface area contributed by atoms with Crippen molar-refractivity contribution in [3.63, 3.8) is 0 Å². The van der Waals surface area contributed by atoms with Crippen molar-refractivity contribution >= 4 is 27.5 Å². The Morgan fingerprint density at radius 3 is 3.08 bits per heavy atom. The normalized spacial score (nSPS) is 20.4. The maximum absolute atomic E-state index is 5.85. The first-order valence-corrected chi connectivity index (χ1v) is 4.73. The largest absolute Gasteiger partial charge is 0.490 e. The molecule has 0 spiro atoms. The van der Waals surface area contributed by atoms with Gasteiger partial charge in [-0.1, -0.05) is 11.6 Å². The minimum absolute atomic E-state index is 0.0463. The van der Waals surface area contributed by atoms with Gasteiger partial charge in [-0.25, -0.2) is 0 Å². The smallest absolute Gasteiger partial charge is 0.138 e. The average Bonchev–Trinajstić information content (AvgIpc) is 2.33. The number of halogens is 2. The molecule has 1 aromatic carbocycles. The van der Waals surface area contributed by atoms with Crippen molar-refractivity contribution < 1.29 is 4.74 Å². The average molecular weight is 249 g/mol. The van der Waals surface area contributed by atoms with E-state index in [1.54, 1.807) is 6.07 Å². The lowest BCUT2D eigenvalue weighted by atomic mass is 10.1. The number of hydrogen-bond acceptors (Lipinski definition) is 2. The molecule has 1 heterocycles. The Morgan fingerprint density at radius 2 is 2.33 bits per heavy atom. The second-order valence-corrected chi connectivity index (χ2v) is 4.01. The maximum Gasteiger partial charge on any atom is 0.138 e. The van der Waals surface area contributed by atoms with Crippen molar-refractivity contribution in [3.8, 4) is 5.75 Å². The van der Waals surface area contributed by atoms with E-state index in [4.69, 9.17) is 22.1 Å². The lowest BCUT2D eigenvalue weighted by Gasteiger charge is -2.02. The van der Waals surface area contributed by atoms with Crippen LogP contribution in [-0.4, -0.2) is 6.61 Å². The Hall–Kier alpha value is -0.250. The molecule has 2 nitrogen and oxygen atoms in total. The molecule has 64 valence electrons. The Morgan fingerprint density at radius 1 is 1.58 bits per heavy atom. The van der Waals surface area contributed by atoms with Crippen molar-refractivity contribution in [3.05, 3.63) is 27.2 Å². The van der Waals surface area contributed by atoms with Crippen LogP contribution in [0.4, 0.5) is 0 Å². The number of hydrogen-bond donors (Lipinski definition) is 1. The maximum atomic E-state index is 5.85. The molecule has 0 saturated carbocycles. The monoisotopic (exact) mass is 247 g/mol. The van der Waals surface area contributed by atoms with Gasteiger partial charge in [0.2, 0.25) is 0 Å². The van der Waals surface area contributed by atoms with Crippen LogP contribution < -0.4 is 10.5 Å². The van der Waals surface area contributed by atoms with E-state index in [9.17, 15) is 0 Å². The van der Waals surface area contributed by atoms with Crippen LogP contribution in [0.5, 0.6) is 5.75 Å². The van der Waals surface area contributed by atoms with Crippen LogP contribution in [0.25, 0.3) is 0 Å². The summed E-state index contributed by atoms with van der Waals surface area (Å²) in [5.74, 6) is 0.826. The van der Waals surface area contributed by atoms with Crippen molar-refractivity contribution in [1.82, 2.24) is 0 Å². The number of rotatable bonds is 0. The van der Waals surface area contributed by atoms with Crippen molar-refractivity contribution in [2.75, 3.05) is 6.61 Å². The molecular formula is C8H7BrClNO. The Kier molecular flexibility index (Phi) is 2.02. The van der Waals surface area contributed by atoms with Crippen LogP contribution in [-0.2, 0) is 0 Å². The van der Waals surface area contributed by atoms with Gasteiger partial charge < -0.3 is 10.5 Å². The van der Waals surface area contributed by atoms with Crippen molar-refractivity contribution in [2.45, 2.75) is 6.04 Å². The summed E-state index contributed by atoms with van der Waals surface area (Å²) >= 11 is 9.21. The molecule has 1 aliphatic rings. The Labute approximate surface area is 83.8 Å². The van der Waals surface area contributed by atoms with Crippen LogP contribution in [0.15, 0.2) is 16.6 Å². The standard InChI is InChI=1S/C8H7BrClNO/c9-6-2-4(10)1-5-7(11)3-12-8(5)6/h1-2,7H,3,11H2/t7-/m0/s1. The van der Waals surface area contributed by atoms with Gasteiger partial charge in [0, 0.05) is 10.6 Å². The molecule has 1 aliphatic heterocycles. The second-order valence-electron chi connectivity index (χ2n) is 2.72. The predicted molar refractivity (Wildman–Crippen MR) is 51.6 cm³/mol. The SMILES string of the molecule is N[C@H]1COc2c(Br)cc(Cl)cc21. The zero-order valence-electron chi connectivity index (χ0n) is 6.18. The molecule has 4 heteroatoms. The van der Waals surface area contributed by atoms with Crippen LogP contribution in [0.3, 0.4) is 0 Å². The van der Waals surface area contributed by atoms with Crippen molar-refractivity contribution in [1.29, 1.82) is 0 Å². The van der Waals surface area contributed by atoms with E-state index in [0.29, 0.717) is 11.6 Å². The molecule has 0 amide bonds. The number of ether oxygens (including phenoxy) is 1. The quantitative estimate of drug-likeness (QED) is 0.766. The highest BCUT2D eigenvalue weighted by molar-refractivity contribution is 9.10. The van der Waals surface area contributed by atoms with Gasteiger partial charge in [-0.15, -0.1) is 0 Å². The van der Waals surface area contributed by atoms with Crippen LogP contribution >= 0.6 is 27.5 Å². The highest BCUT2D eigenvalue weighted by Gasteiger charge is 2.23. The van der Waals surface area contributed by atoms with Gasteiger partial charge in [-0.2, -0.15) is 0 Å². The molecule has 2 rings (SSSR count). The lowest BCUT2D eigenvalue weighted by molar-refractivity contribution is 0.331. The summed E-state index contributed by atoms with van der Waals surface area (Å²) in [5, 5.41) is 0.682. The van der Waals surface area contributed by atoms with E-state index < -0.39 is 0 Å². The second kappa shape index (κ2) is 2.91. The molecular weight excluding hydrogens is 241 g/mol. The molecule has 0 aliphatic carbocycles. The van der Waals surface area contributed by atoms with Gasteiger partial charge in [0.15, 0.2) is 0 Å². The Bertz CT molecular complexity index is 329. The molecule has 2 N–H and O–H groups in total. The third-order valence-electron chi connectivity index (χ3n) is 1.84. The van der Waals surface area contributed by atoms with E-state index in [1.807, 2.05) is 6.07 Å². The first kappa shape index (κ1) is 8.35. The summed E-state index contributed by atoms with van der Waals surface area (Å²) in [6, 6.07) is 3.60. The fourth-order valence-corrected chi connectivity index (χ4v) is 2.22. The molecule has 1 aromatic rings. The van der Waals surface area contributed by atoms with E-state index in [0.717, 1.165) is 15.8 Å². The molecule has 0 radical (unpaired) electrons. The van der Waals surface area contributed by atoms with Crippen molar-refractivity contribution in [2.24, 2.45) is 5.73 Å². The number of benzene rings is 1. The van der Waals surface area contributed by atoms with Crippen LogP contribution in [0.1, 0.15) is 11.6 Å². The summed E-state index contributed by atoms with van der Waals surface area (Å²) in [6.07, 6.45) is 0. The summed E-state index contributed by atoms with van der Waals surface area (Å²) in [6.45, 7) is 0.536. The zero-order valence-corrected chi connectivity index (χ0v) is 8.52. The topological polar surface area (TPSA) is 35.2 Å². The molecule has 12 heavy (non-hydrogen) atoms. The van der Waals surface area contributed by atoms with Gasteiger partial charge in [-0.3, -0.25) is 0 Å². The van der Waals surface area contributed by atoms with Gasteiger partial charge in [0.1, 0.15) is 12.4 Å². The Balaban J connectivity index is 2.60. The van der Waals surface area contributed by atoms with Crippen LogP contribution in [0.2, 0.25) is 5.02 Å². The summed E-state index contributed by atoms with van der Waals surface area (Å²) in [7, 11) is 0. The van der Waals surface area contributed by atoms with E-state index in [-0.39, 0.29) is 6.04 Å².